The second-order valence-corrected chi connectivity index (χ2v) is 6.14. The maximum atomic E-state index is 11.2. The van der Waals surface area contributed by atoms with Gasteiger partial charge in [0, 0.05) is 17.9 Å². The zero-order chi connectivity index (χ0) is 14.3. The molecule has 6 heteroatoms. The number of hydrogen-bond donors (Lipinski definition) is 3. The second-order valence-electron chi connectivity index (χ2n) is 4.70. The number of amides is 1. The molecule has 3 N–H and O–H groups in total. The number of hydrogen-bond acceptors (Lipinski definition) is 2. The van der Waals surface area contributed by atoms with Crippen LogP contribution in [0.25, 0.3) is 0 Å². The van der Waals surface area contributed by atoms with Gasteiger partial charge in [-0.3, -0.25) is 9.36 Å². The number of nitrogens with one attached hydrogen (secondary N) is 1. The summed E-state index contributed by atoms with van der Waals surface area (Å²) in [5.41, 5.74) is 1.14. The Kier molecular flexibility index (Phi) is 7.14. The summed E-state index contributed by atoms with van der Waals surface area (Å²) in [7, 11) is -4.07. The van der Waals surface area contributed by atoms with E-state index in [0.717, 1.165) is 12.2 Å². The van der Waals surface area contributed by atoms with Crippen LogP contribution in [-0.4, -0.2) is 22.2 Å². The summed E-state index contributed by atoms with van der Waals surface area (Å²) in [4.78, 5) is 28.8. The Bertz CT molecular complexity index is 384. The fourth-order valence-corrected chi connectivity index (χ4v) is 2.05. The number of carbonyl (C=O) groups excluding carboxylic acids is 1. The van der Waals surface area contributed by atoms with E-state index in [1.807, 2.05) is 6.92 Å². The van der Waals surface area contributed by atoms with Gasteiger partial charge in [0.2, 0.25) is 5.91 Å². The largest absolute Gasteiger partial charge is 0.352 e. The van der Waals surface area contributed by atoms with Crippen LogP contribution in [0.3, 0.4) is 0 Å². The quantitative estimate of drug-likeness (QED) is 0.491. The van der Waals surface area contributed by atoms with Crippen LogP contribution in [0.15, 0.2) is 23.5 Å². The third-order valence-corrected chi connectivity index (χ3v) is 3.20. The van der Waals surface area contributed by atoms with Gasteiger partial charge in [0.15, 0.2) is 0 Å². The molecule has 0 fully saturated rings. The van der Waals surface area contributed by atoms with E-state index in [-0.39, 0.29) is 11.8 Å². The molecule has 0 spiro atoms. The predicted molar refractivity (Wildman–Crippen MR) is 72.0 cm³/mol. The van der Waals surface area contributed by atoms with Crippen LogP contribution in [0.2, 0.25) is 0 Å². The Balaban J connectivity index is 4.01. The van der Waals surface area contributed by atoms with Crippen molar-refractivity contribution in [1.29, 1.82) is 0 Å². The van der Waals surface area contributed by atoms with Crippen LogP contribution in [0.1, 0.15) is 33.6 Å². The van der Waals surface area contributed by atoms with Crippen molar-refractivity contribution in [3.8, 4) is 0 Å². The summed E-state index contributed by atoms with van der Waals surface area (Å²) in [5.74, 6) is 1.07. The first kappa shape index (κ1) is 17.1. The number of allylic oxidation sites excluding steroid dienone is 1. The fourth-order valence-electron chi connectivity index (χ4n) is 1.35. The maximum absolute atomic E-state index is 11.2. The van der Waals surface area contributed by atoms with E-state index in [4.69, 9.17) is 9.79 Å². The summed E-state index contributed by atoms with van der Waals surface area (Å²) in [6.45, 7) is 9.39. The monoisotopic (exact) mass is 275 g/mol. The molecule has 0 aromatic carbocycles. The van der Waals surface area contributed by atoms with E-state index in [2.05, 4.69) is 11.9 Å². The van der Waals surface area contributed by atoms with Crippen molar-refractivity contribution in [2.75, 3.05) is 6.54 Å². The molecule has 18 heavy (non-hydrogen) atoms. The lowest BCUT2D eigenvalue weighted by Crippen LogP contribution is -2.28. The molecule has 0 saturated heterocycles. The Labute approximate surface area is 108 Å². The molecule has 0 saturated carbocycles. The number of rotatable bonds is 7. The Morgan fingerprint density at radius 2 is 2.00 bits per heavy atom. The summed E-state index contributed by atoms with van der Waals surface area (Å²) >= 11 is 0. The summed E-state index contributed by atoms with van der Waals surface area (Å²) in [6.07, 6.45) is 1.37. The van der Waals surface area contributed by atoms with Gasteiger partial charge in [-0.1, -0.05) is 19.1 Å². The van der Waals surface area contributed by atoms with Crippen molar-refractivity contribution < 1.29 is 19.1 Å². The van der Waals surface area contributed by atoms with Gasteiger partial charge < -0.3 is 15.1 Å². The lowest BCUT2D eigenvalue weighted by molar-refractivity contribution is -0.117. The van der Waals surface area contributed by atoms with Crippen LogP contribution < -0.4 is 5.32 Å². The summed E-state index contributed by atoms with van der Waals surface area (Å²) in [5, 5.41) is 2.74. The molecule has 104 valence electrons. The Hall–Kier alpha value is -0.900. The molecule has 0 aliphatic heterocycles. The highest BCUT2D eigenvalue weighted by Gasteiger charge is 2.10. The van der Waals surface area contributed by atoms with Crippen LogP contribution in [0, 0.1) is 5.92 Å². The fraction of sp³-hybridized carbons (Fsp3) is 0.583. The molecule has 5 nitrogen and oxygen atoms in total. The minimum atomic E-state index is -4.07. The highest BCUT2D eigenvalue weighted by molar-refractivity contribution is 7.55. The molecule has 1 atom stereocenters. The van der Waals surface area contributed by atoms with Crippen molar-refractivity contribution in [1.82, 2.24) is 5.32 Å². The molecular formula is C12H22NO4P. The molecule has 0 aliphatic carbocycles. The van der Waals surface area contributed by atoms with Gasteiger partial charge in [0.25, 0.3) is 0 Å². The Morgan fingerprint density at radius 3 is 2.44 bits per heavy atom. The summed E-state index contributed by atoms with van der Waals surface area (Å²) in [6, 6.07) is 0. The highest BCUT2D eigenvalue weighted by atomic mass is 31.2. The van der Waals surface area contributed by atoms with Gasteiger partial charge in [0.1, 0.15) is 0 Å². The van der Waals surface area contributed by atoms with E-state index in [1.54, 1.807) is 13.8 Å². The van der Waals surface area contributed by atoms with E-state index >= 15 is 0 Å². The van der Waals surface area contributed by atoms with E-state index in [0.29, 0.717) is 24.1 Å². The van der Waals surface area contributed by atoms with Crippen molar-refractivity contribution in [2.24, 2.45) is 5.92 Å². The molecule has 0 aromatic rings. The van der Waals surface area contributed by atoms with Crippen LogP contribution >= 0.6 is 7.60 Å². The van der Waals surface area contributed by atoms with Crippen molar-refractivity contribution in [3.05, 3.63) is 23.5 Å². The Morgan fingerprint density at radius 1 is 1.44 bits per heavy atom. The molecule has 0 rings (SSSR count). The molecule has 0 radical (unpaired) electrons. The minimum absolute atomic E-state index is 0.163. The van der Waals surface area contributed by atoms with Gasteiger partial charge in [0.05, 0.1) is 0 Å². The van der Waals surface area contributed by atoms with Gasteiger partial charge in [-0.15, -0.1) is 0 Å². The molecular weight excluding hydrogens is 253 g/mol. The first-order valence-corrected chi connectivity index (χ1v) is 7.47. The maximum Gasteiger partial charge on any atom is 0.349 e. The van der Waals surface area contributed by atoms with Crippen molar-refractivity contribution in [2.45, 2.75) is 33.6 Å². The smallest absolute Gasteiger partial charge is 0.349 e. The highest BCUT2D eigenvalue weighted by Crippen LogP contribution is 2.38. The predicted octanol–water partition coefficient (Wildman–Crippen LogP) is 2.18. The first-order valence-electron chi connectivity index (χ1n) is 5.79. The molecule has 0 aromatic heterocycles. The normalized spacial score (nSPS) is 14.2. The topological polar surface area (TPSA) is 86.6 Å². The summed E-state index contributed by atoms with van der Waals surface area (Å²) < 4.78 is 10.7. The van der Waals surface area contributed by atoms with Crippen molar-refractivity contribution >= 4 is 13.5 Å². The molecule has 0 bridgehead atoms. The zero-order valence-corrected chi connectivity index (χ0v) is 12.0. The van der Waals surface area contributed by atoms with E-state index in [9.17, 15) is 9.36 Å². The van der Waals surface area contributed by atoms with Gasteiger partial charge in [-0.25, -0.2) is 0 Å². The lowest BCUT2D eigenvalue weighted by atomic mass is 10.0. The average molecular weight is 275 g/mol. The van der Waals surface area contributed by atoms with Crippen molar-refractivity contribution in [3.63, 3.8) is 0 Å². The second kappa shape index (κ2) is 7.52. The zero-order valence-electron chi connectivity index (χ0n) is 11.1. The average Bonchev–Trinajstić information content (AvgIpc) is 2.20. The molecule has 1 amide bonds. The minimum Gasteiger partial charge on any atom is -0.352 e. The molecule has 0 aliphatic rings. The first-order chi connectivity index (χ1) is 8.11. The van der Waals surface area contributed by atoms with Gasteiger partial charge >= 0.3 is 7.60 Å². The van der Waals surface area contributed by atoms with Crippen LogP contribution in [0.4, 0.5) is 0 Å². The van der Waals surface area contributed by atoms with Crippen LogP contribution in [-0.2, 0) is 9.36 Å². The third kappa shape index (κ3) is 9.16. The standard InChI is InChI=1S/C12H22NO4P/c1-9(2)12(14)13-7-10(3)5-6-11(4)8-18(15,16)17/h8,10H,1,5-7H2,2-4H3,(H,13,14)(H2,15,16,17). The lowest BCUT2D eigenvalue weighted by Gasteiger charge is -2.13. The third-order valence-electron chi connectivity index (χ3n) is 2.42. The number of carbonyl (C=O) groups is 1. The van der Waals surface area contributed by atoms with Gasteiger partial charge in [-0.2, -0.15) is 0 Å². The molecule has 1 unspecified atom stereocenters. The van der Waals surface area contributed by atoms with Crippen LogP contribution in [0.5, 0.6) is 0 Å². The van der Waals surface area contributed by atoms with E-state index in [1.165, 1.54) is 0 Å². The van der Waals surface area contributed by atoms with Gasteiger partial charge in [-0.05, 0) is 32.6 Å². The molecule has 0 heterocycles. The SMILES string of the molecule is C=C(C)C(=O)NCC(C)CCC(C)=CP(=O)(O)O. The van der Waals surface area contributed by atoms with E-state index < -0.39 is 7.60 Å².